The minimum atomic E-state index is -0.265. The molecule has 0 spiro atoms. The van der Waals surface area contributed by atoms with Crippen molar-refractivity contribution in [1.29, 1.82) is 0 Å². The van der Waals surface area contributed by atoms with Gasteiger partial charge >= 0.3 is 0 Å². The summed E-state index contributed by atoms with van der Waals surface area (Å²) >= 11 is 0. The van der Waals surface area contributed by atoms with Crippen LogP contribution in [0.3, 0.4) is 0 Å². The Hall–Kier alpha value is -2.22. The summed E-state index contributed by atoms with van der Waals surface area (Å²) in [5, 5.41) is 0. The third-order valence-electron chi connectivity index (χ3n) is 4.31. The Labute approximate surface area is 111 Å². The first-order chi connectivity index (χ1) is 9.27. The Balaban J connectivity index is 1.93. The van der Waals surface area contributed by atoms with Gasteiger partial charge in [-0.1, -0.05) is 48.5 Å². The van der Waals surface area contributed by atoms with Gasteiger partial charge < -0.3 is 0 Å². The molecule has 0 aromatic heterocycles. The van der Waals surface area contributed by atoms with Gasteiger partial charge in [-0.05, 0) is 17.5 Å². The van der Waals surface area contributed by atoms with E-state index >= 15 is 0 Å². The lowest BCUT2D eigenvalue weighted by atomic mass is 9.75. The number of ketones is 2. The van der Waals surface area contributed by atoms with Gasteiger partial charge in [-0.3, -0.25) is 9.59 Å². The van der Waals surface area contributed by atoms with Gasteiger partial charge in [0.2, 0.25) is 0 Å². The van der Waals surface area contributed by atoms with Crippen LogP contribution >= 0.6 is 0 Å². The lowest BCUT2D eigenvalue weighted by molar-refractivity contribution is 0.0833. The molecule has 2 aromatic rings. The van der Waals surface area contributed by atoms with E-state index in [1.807, 2.05) is 48.5 Å². The second kappa shape index (κ2) is 3.64. The van der Waals surface area contributed by atoms with E-state index in [1.54, 1.807) is 0 Å². The van der Waals surface area contributed by atoms with Crippen molar-refractivity contribution in [3.8, 4) is 0 Å². The summed E-state index contributed by atoms with van der Waals surface area (Å²) in [6.07, 6.45) is 0.681. The smallest absolute Gasteiger partial charge is 0.171 e. The Bertz CT molecular complexity index is 715. The third-order valence-corrected chi connectivity index (χ3v) is 4.31. The highest BCUT2D eigenvalue weighted by Gasteiger charge is 2.46. The molecule has 0 fully saturated rings. The first-order valence-electron chi connectivity index (χ1n) is 6.52. The Morgan fingerprint density at radius 3 is 2.32 bits per heavy atom. The molecule has 19 heavy (non-hydrogen) atoms. The van der Waals surface area contributed by atoms with Gasteiger partial charge in [0, 0.05) is 17.0 Å². The summed E-state index contributed by atoms with van der Waals surface area (Å²) in [4.78, 5) is 25.1. The number of carbonyl (C=O) groups is 2. The van der Waals surface area contributed by atoms with E-state index in [2.05, 4.69) is 0 Å². The molecule has 0 saturated carbocycles. The van der Waals surface area contributed by atoms with Crippen LogP contribution in [0.1, 0.15) is 37.8 Å². The average molecular weight is 248 g/mol. The number of Topliss-reactive ketones (excluding diaryl/α,β-unsaturated/α-hetero) is 2. The minimum absolute atomic E-state index is 0.102. The quantitative estimate of drug-likeness (QED) is 0.718. The van der Waals surface area contributed by atoms with Crippen LogP contribution in [0.4, 0.5) is 0 Å². The molecule has 0 saturated heterocycles. The van der Waals surface area contributed by atoms with Crippen molar-refractivity contribution < 1.29 is 9.59 Å². The number of fused-ring (bicyclic) bond motifs is 4. The molecule has 2 aromatic carbocycles. The van der Waals surface area contributed by atoms with Crippen molar-refractivity contribution in [2.75, 3.05) is 0 Å². The number of carbonyl (C=O) groups excluding carboxylic acids is 2. The fraction of sp³-hybridized carbons (Fsp3) is 0.176. The van der Waals surface area contributed by atoms with Gasteiger partial charge in [-0.15, -0.1) is 0 Å². The normalized spacial score (nSPS) is 23.8. The monoisotopic (exact) mass is 248 g/mol. The second-order valence-electron chi connectivity index (χ2n) is 5.26. The van der Waals surface area contributed by atoms with Crippen LogP contribution in [0.2, 0.25) is 0 Å². The second-order valence-corrected chi connectivity index (χ2v) is 5.26. The zero-order valence-electron chi connectivity index (χ0n) is 10.3. The number of rotatable bonds is 0. The standard InChI is InChI=1S/C17H12O2/c18-16-13-8-4-3-7-12(13)15-14(16)9-10-5-1-2-6-11(10)17(15)19/h1-8,14-15H,9H2/t14-,15-/m0/s1. The molecule has 0 radical (unpaired) electrons. The van der Waals surface area contributed by atoms with Crippen molar-refractivity contribution in [2.45, 2.75) is 12.3 Å². The zero-order chi connectivity index (χ0) is 13.0. The van der Waals surface area contributed by atoms with Crippen LogP contribution in [0.5, 0.6) is 0 Å². The van der Waals surface area contributed by atoms with E-state index in [0.717, 1.165) is 22.3 Å². The third kappa shape index (κ3) is 1.31. The molecule has 0 amide bonds. The average Bonchev–Trinajstić information content (AvgIpc) is 2.74. The molecule has 0 N–H and O–H groups in total. The summed E-state index contributed by atoms with van der Waals surface area (Å²) in [7, 11) is 0. The molecule has 92 valence electrons. The topological polar surface area (TPSA) is 34.1 Å². The molecule has 2 nitrogen and oxygen atoms in total. The van der Waals surface area contributed by atoms with E-state index in [4.69, 9.17) is 0 Å². The molecule has 2 aliphatic carbocycles. The number of hydrogen-bond donors (Lipinski definition) is 0. The molecule has 2 heteroatoms. The van der Waals surface area contributed by atoms with Crippen LogP contribution in [-0.2, 0) is 6.42 Å². The molecule has 4 rings (SSSR count). The Kier molecular flexibility index (Phi) is 2.05. The SMILES string of the molecule is O=C1c2ccccc2[C@@H]2C(=O)c3ccccc3C[C@H]12. The Morgan fingerprint density at radius 2 is 1.47 bits per heavy atom. The van der Waals surface area contributed by atoms with Crippen molar-refractivity contribution in [3.63, 3.8) is 0 Å². The maximum atomic E-state index is 12.7. The Morgan fingerprint density at radius 1 is 0.789 bits per heavy atom. The largest absolute Gasteiger partial charge is 0.294 e. The summed E-state index contributed by atoms with van der Waals surface area (Å²) in [6, 6.07) is 15.2. The molecule has 0 unspecified atom stereocenters. The zero-order valence-corrected chi connectivity index (χ0v) is 10.3. The van der Waals surface area contributed by atoms with E-state index in [-0.39, 0.29) is 23.4 Å². The molecule has 0 bridgehead atoms. The van der Waals surface area contributed by atoms with Gasteiger partial charge in [0.05, 0.1) is 5.92 Å². The van der Waals surface area contributed by atoms with Gasteiger partial charge in [0.15, 0.2) is 11.6 Å². The molecular weight excluding hydrogens is 236 g/mol. The lowest BCUT2D eigenvalue weighted by Crippen LogP contribution is -2.29. The summed E-state index contributed by atoms with van der Waals surface area (Å²) < 4.78 is 0. The minimum Gasteiger partial charge on any atom is -0.294 e. The molecule has 0 aliphatic heterocycles. The maximum absolute atomic E-state index is 12.7. The van der Waals surface area contributed by atoms with Crippen LogP contribution in [0, 0.1) is 5.92 Å². The molecular formula is C17H12O2. The van der Waals surface area contributed by atoms with Gasteiger partial charge in [0.1, 0.15) is 0 Å². The van der Waals surface area contributed by atoms with Crippen LogP contribution < -0.4 is 0 Å². The highest BCUT2D eigenvalue weighted by molar-refractivity contribution is 6.14. The van der Waals surface area contributed by atoms with E-state index in [9.17, 15) is 9.59 Å². The van der Waals surface area contributed by atoms with Crippen LogP contribution in [-0.4, -0.2) is 11.6 Å². The van der Waals surface area contributed by atoms with Crippen molar-refractivity contribution in [2.24, 2.45) is 5.92 Å². The fourth-order valence-electron chi connectivity index (χ4n) is 3.44. The van der Waals surface area contributed by atoms with Crippen molar-refractivity contribution in [3.05, 3.63) is 70.8 Å². The lowest BCUT2D eigenvalue weighted by Gasteiger charge is -2.25. The van der Waals surface area contributed by atoms with Crippen LogP contribution in [0.15, 0.2) is 48.5 Å². The predicted molar refractivity (Wildman–Crippen MR) is 71.5 cm³/mol. The first kappa shape index (κ1) is 10.7. The highest BCUT2D eigenvalue weighted by Crippen LogP contribution is 2.45. The van der Waals surface area contributed by atoms with E-state index < -0.39 is 0 Å². The first-order valence-corrected chi connectivity index (χ1v) is 6.52. The van der Waals surface area contributed by atoms with Crippen molar-refractivity contribution in [1.82, 2.24) is 0 Å². The number of benzene rings is 2. The van der Waals surface area contributed by atoms with E-state index in [1.165, 1.54) is 0 Å². The molecule has 2 atom stereocenters. The summed E-state index contributed by atoms with van der Waals surface area (Å²) in [6.45, 7) is 0. The fourth-order valence-corrected chi connectivity index (χ4v) is 3.44. The molecule has 0 heterocycles. The summed E-state index contributed by atoms with van der Waals surface area (Å²) in [5.41, 5.74) is 3.44. The van der Waals surface area contributed by atoms with Crippen LogP contribution in [0.25, 0.3) is 0 Å². The van der Waals surface area contributed by atoms with Gasteiger partial charge in [0.25, 0.3) is 0 Å². The predicted octanol–water partition coefficient (Wildman–Crippen LogP) is 3.02. The highest BCUT2D eigenvalue weighted by atomic mass is 16.1. The summed E-state index contributed by atoms with van der Waals surface area (Å²) in [5.74, 6) is -0.230. The van der Waals surface area contributed by atoms with Crippen molar-refractivity contribution >= 4 is 11.6 Å². The van der Waals surface area contributed by atoms with Gasteiger partial charge in [-0.25, -0.2) is 0 Å². The van der Waals surface area contributed by atoms with Gasteiger partial charge in [-0.2, -0.15) is 0 Å². The van der Waals surface area contributed by atoms with E-state index in [0.29, 0.717) is 6.42 Å². The maximum Gasteiger partial charge on any atom is 0.171 e. The molecule has 2 aliphatic rings. The number of hydrogen-bond acceptors (Lipinski definition) is 2.